The molecule has 2 rings (SSSR count). The monoisotopic (exact) mass is 591 g/mol. The Kier molecular flexibility index (Phi) is 9.82. The second kappa shape index (κ2) is 11.7. The van der Waals surface area contributed by atoms with Crippen molar-refractivity contribution < 1.29 is 18.0 Å². The van der Waals surface area contributed by atoms with Crippen LogP contribution in [0, 0.1) is 6.92 Å². The van der Waals surface area contributed by atoms with Crippen LogP contribution in [0.15, 0.2) is 40.9 Å². The van der Waals surface area contributed by atoms with Gasteiger partial charge in [-0.05, 0) is 69.2 Å². The number of aryl methyl sites for hydroxylation is 1. The lowest BCUT2D eigenvalue weighted by Gasteiger charge is -2.32. The number of carbonyl (C=O) groups is 2. The predicted molar refractivity (Wildman–Crippen MR) is 141 cm³/mol. The fraction of sp³-hybridized carbons (Fsp3) is 0.391. The highest BCUT2D eigenvalue weighted by molar-refractivity contribution is 9.10. The lowest BCUT2D eigenvalue weighted by atomic mass is 10.1. The molecule has 0 radical (unpaired) electrons. The molecule has 0 aliphatic heterocycles. The van der Waals surface area contributed by atoms with Gasteiger partial charge in [0.15, 0.2) is 0 Å². The maximum absolute atomic E-state index is 13.5. The third kappa shape index (κ3) is 7.60. The number of rotatable bonds is 9. The van der Waals surface area contributed by atoms with E-state index in [1.54, 1.807) is 43.3 Å². The Morgan fingerprint density at radius 2 is 1.74 bits per heavy atom. The van der Waals surface area contributed by atoms with E-state index in [4.69, 9.17) is 23.2 Å². The van der Waals surface area contributed by atoms with E-state index >= 15 is 0 Å². The molecule has 0 aliphatic rings. The van der Waals surface area contributed by atoms with Gasteiger partial charge in [0.1, 0.15) is 12.6 Å². The Hall–Kier alpha value is -1.81. The normalized spacial score (nSPS) is 12.4. The van der Waals surface area contributed by atoms with Gasteiger partial charge in [-0.2, -0.15) is 0 Å². The molecule has 2 amide bonds. The number of halogens is 3. The first kappa shape index (κ1) is 28.4. The molecule has 0 saturated heterocycles. The largest absolute Gasteiger partial charge is 0.352 e. The topological polar surface area (TPSA) is 86.8 Å². The van der Waals surface area contributed by atoms with Crippen LogP contribution >= 0.6 is 39.1 Å². The summed E-state index contributed by atoms with van der Waals surface area (Å²) in [6, 6.07) is 8.85. The highest BCUT2D eigenvalue weighted by atomic mass is 79.9. The molecule has 0 aromatic heterocycles. The van der Waals surface area contributed by atoms with E-state index in [-0.39, 0.29) is 18.5 Å². The Bertz CT molecular complexity index is 1170. The lowest BCUT2D eigenvalue weighted by Crippen LogP contribution is -2.52. The Balaban J connectivity index is 2.44. The molecule has 186 valence electrons. The molecule has 11 heteroatoms. The minimum atomic E-state index is -3.80. The van der Waals surface area contributed by atoms with E-state index in [1.165, 1.54) is 4.90 Å². The summed E-state index contributed by atoms with van der Waals surface area (Å²) < 4.78 is 27.1. The molecule has 1 N–H and O–H groups in total. The standard InChI is InChI=1S/C23H28BrCl2N3O4S/c1-14(2)27-23(31)16(4)28(12-17-6-7-18(25)11-21(17)26)22(30)13-29(34(5,32)33)19-8-9-20(24)15(3)10-19/h6-11,14,16H,12-13H2,1-5H3,(H,27,31)/t16-/m1/s1. The molecule has 0 fully saturated rings. The minimum Gasteiger partial charge on any atom is -0.352 e. The number of anilines is 1. The summed E-state index contributed by atoms with van der Waals surface area (Å²) in [4.78, 5) is 27.6. The van der Waals surface area contributed by atoms with Crippen molar-refractivity contribution in [1.82, 2.24) is 10.2 Å². The van der Waals surface area contributed by atoms with Gasteiger partial charge in [-0.15, -0.1) is 0 Å². The van der Waals surface area contributed by atoms with Crippen LogP contribution in [0.2, 0.25) is 10.0 Å². The second-order valence-electron chi connectivity index (χ2n) is 8.30. The molecule has 0 bridgehead atoms. The minimum absolute atomic E-state index is 0.00150. The molecular formula is C23H28BrCl2N3O4S. The van der Waals surface area contributed by atoms with Crippen LogP contribution in [0.5, 0.6) is 0 Å². The summed E-state index contributed by atoms with van der Waals surface area (Å²) in [5.41, 5.74) is 1.74. The Morgan fingerprint density at radius 1 is 1.09 bits per heavy atom. The van der Waals surface area contributed by atoms with Gasteiger partial charge in [-0.25, -0.2) is 8.42 Å². The van der Waals surface area contributed by atoms with Crippen molar-refractivity contribution in [2.45, 2.75) is 46.3 Å². The van der Waals surface area contributed by atoms with E-state index < -0.39 is 28.5 Å². The number of carbonyl (C=O) groups excluding carboxylic acids is 2. The maximum atomic E-state index is 13.5. The third-order valence-electron chi connectivity index (χ3n) is 5.06. The van der Waals surface area contributed by atoms with Crippen molar-refractivity contribution in [1.29, 1.82) is 0 Å². The zero-order valence-corrected chi connectivity index (χ0v) is 23.5. The molecule has 2 aromatic carbocycles. The van der Waals surface area contributed by atoms with Crippen LogP contribution in [0.3, 0.4) is 0 Å². The molecule has 1 atom stereocenters. The van der Waals surface area contributed by atoms with Crippen LogP contribution in [0.25, 0.3) is 0 Å². The van der Waals surface area contributed by atoms with E-state index in [2.05, 4.69) is 21.2 Å². The number of sulfonamides is 1. The molecule has 0 unspecified atom stereocenters. The predicted octanol–water partition coefficient (Wildman–Crippen LogP) is 4.77. The first-order valence-electron chi connectivity index (χ1n) is 10.5. The van der Waals surface area contributed by atoms with Crippen LogP contribution in [0.1, 0.15) is 31.9 Å². The summed E-state index contributed by atoms with van der Waals surface area (Å²) in [6.45, 7) is 6.56. The van der Waals surface area contributed by atoms with Gasteiger partial charge in [0.25, 0.3) is 0 Å². The third-order valence-corrected chi connectivity index (χ3v) is 7.68. The van der Waals surface area contributed by atoms with Crippen molar-refractivity contribution in [2.75, 3.05) is 17.1 Å². The van der Waals surface area contributed by atoms with Crippen LogP contribution < -0.4 is 9.62 Å². The fourth-order valence-corrected chi connectivity index (χ4v) is 4.78. The van der Waals surface area contributed by atoms with Crippen molar-refractivity contribution >= 4 is 66.7 Å². The SMILES string of the molecule is Cc1cc(N(CC(=O)N(Cc2ccc(Cl)cc2Cl)[C@H](C)C(=O)NC(C)C)S(C)(=O)=O)ccc1Br. The Morgan fingerprint density at radius 3 is 2.26 bits per heavy atom. The average molecular weight is 593 g/mol. The Labute approximate surface area is 219 Å². The molecule has 0 saturated carbocycles. The number of amides is 2. The van der Waals surface area contributed by atoms with Gasteiger partial charge in [0.2, 0.25) is 21.8 Å². The zero-order valence-electron chi connectivity index (χ0n) is 19.6. The summed E-state index contributed by atoms with van der Waals surface area (Å²) in [5, 5.41) is 3.57. The van der Waals surface area contributed by atoms with Crippen LogP contribution in [-0.2, 0) is 26.2 Å². The average Bonchev–Trinajstić information content (AvgIpc) is 2.71. The van der Waals surface area contributed by atoms with Gasteiger partial charge >= 0.3 is 0 Å². The fourth-order valence-electron chi connectivity index (χ4n) is 3.22. The summed E-state index contributed by atoms with van der Waals surface area (Å²) in [5.74, 6) is -0.915. The maximum Gasteiger partial charge on any atom is 0.244 e. The van der Waals surface area contributed by atoms with Gasteiger partial charge in [-0.1, -0.05) is 45.2 Å². The smallest absolute Gasteiger partial charge is 0.244 e. The number of hydrogen-bond donors (Lipinski definition) is 1. The van der Waals surface area contributed by atoms with E-state index in [0.29, 0.717) is 21.3 Å². The second-order valence-corrected chi connectivity index (χ2v) is 11.9. The molecular weight excluding hydrogens is 565 g/mol. The first-order chi connectivity index (χ1) is 15.7. The van der Waals surface area contributed by atoms with Gasteiger partial charge < -0.3 is 10.2 Å². The molecule has 0 spiro atoms. The van der Waals surface area contributed by atoms with E-state index in [0.717, 1.165) is 20.6 Å². The molecule has 0 heterocycles. The summed E-state index contributed by atoms with van der Waals surface area (Å²) in [7, 11) is -3.80. The van der Waals surface area contributed by atoms with Crippen LogP contribution in [-0.4, -0.2) is 50.0 Å². The van der Waals surface area contributed by atoms with E-state index in [1.807, 2.05) is 20.8 Å². The van der Waals surface area contributed by atoms with Crippen molar-refractivity contribution in [2.24, 2.45) is 0 Å². The molecule has 34 heavy (non-hydrogen) atoms. The van der Waals surface area contributed by atoms with Gasteiger partial charge in [0.05, 0.1) is 11.9 Å². The number of benzene rings is 2. The van der Waals surface area contributed by atoms with E-state index in [9.17, 15) is 18.0 Å². The molecule has 0 aliphatic carbocycles. The number of hydrogen-bond acceptors (Lipinski definition) is 4. The van der Waals surface area contributed by atoms with Crippen molar-refractivity contribution in [3.8, 4) is 0 Å². The molecule has 2 aromatic rings. The van der Waals surface area contributed by atoms with Crippen molar-refractivity contribution in [3.63, 3.8) is 0 Å². The quantitative estimate of drug-likeness (QED) is 0.454. The zero-order chi connectivity index (χ0) is 25.8. The first-order valence-corrected chi connectivity index (χ1v) is 13.9. The van der Waals surface area contributed by atoms with Crippen molar-refractivity contribution in [3.05, 3.63) is 62.0 Å². The van der Waals surface area contributed by atoms with Gasteiger partial charge in [-0.3, -0.25) is 13.9 Å². The van der Waals surface area contributed by atoms with Gasteiger partial charge in [0, 0.05) is 27.1 Å². The molecule has 7 nitrogen and oxygen atoms in total. The number of nitrogens with zero attached hydrogens (tertiary/aromatic N) is 2. The highest BCUT2D eigenvalue weighted by Crippen LogP contribution is 2.26. The van der Waals surface area contributed by atoms with Crippen LogP contribution in [0.4, 0.5) is 5.69 Å². The lowest BCUT2D eigenvalue weighted by molar-refractivity contribution is -0.139. The highest BCUT2D eigenvalue weighted by Gasteiger charge is 2.30. The number of nitrogens with one attached hydrogen (secondary N) is 1. The summed E-state index contributed by atoms with van der Waals surface area (Å²) >= 11 is 15.7. The summed E-state index contributed by atoms with van der Waals surface area (Å²) in [6.07, 6.45) is 1.03.